The van der Waals surface area contributed by atoms with Gasteiger partial charge in [0, 0.05) is 35.3 Å². The highest BCUT2D eigenvalue weighted by Gasteiger charge is 2.63. The summed E-state index contributed by atoms with van der Waals surface area (Å²) in [6, 6.07) is 5.26. The van der Waals surface area contributed by atoms with Gasteiger partial charge < -0.3 is 15.5 Å². The monoisotopic (exact) mass is 483 g/mol. The number of alkyl halides is 3. The number of phenols is 1. The van der Waals surface area contributed by atoms with Crippen LogP contribution in [0.2, 0.25) is 5.02 Å². The van der Waals surface area contributed by atoms with E-state index in [9.17, 15) is 27.8 Å². The van der Waals surface area contributed by atoms with Crippen LogP contribution in [0.25, 0.3) is 10.9 Å². The van der Waals surface area contributed by atoms with Crippen molar-refractivity contribution in [2.45, 2.75) is 50.3 Å². The second-order valence-electron chi connectivity index (χ2n) is 9.05. The summed E-state index contributed by atoms with van der Waals surface area (Å²) in [5.41, 5.74) is -3.54. The van der Waals surface area contributed by atoms with E-state index in [1.165, 1.54) is 38.2 Å². The number of phenolic OH excluding ortho intramolecular Hbond substituents is 1. The topological polar surface area (TPSA) is 78.3 Å². The van der Waals surface area contributed by atoms with Gasteiger partial charge in [-0.1, -0.05) is 31.5 Å². The van der Waals surface area contributed by atoms with Gasteiger partial charge in [-0.3, -0.25) is 0 Å². The number of rotatable bonds is 3. The zero-order chi connectivity index (χ0) is 24.3. The largest absolute Gasteiger partial charge is 0.506 e. The first-order chi connectivity index (χ1) is 15.3. The van der Waals surface area contributed by atoms with Crippen LogP contribution in [0, 0.1) is 12.7 Å². The van der Waals surface area contributed by atoms with Gasteiger partial charge in [0.2, 0.25) is 0 Å². The highest BCUT2D eigenvalue weighted by molar-refractivity contribution is 6.32. The Labute approximate surface area is 192 Å². The third kappa shape index (κ3) is 3.77. The molecule has 0 radical (unpaired) electrons. The predicted molar refractivity (Wildman–Crippen MR) is 117 cm³/mol. The first kappa shape index (κ1) is 23.5. The summed E-state index contributed by atoms with van der Waals surface area (Å²) in [6.07, 6.45) is -4.24. The molecule has 0 aliphatic heterocycles. The van der Waals surface area contributed by atoms with Gasteiger partial charge in [0.25, 0.3) is 0 Å². The van der Waals surface area contributed by atoms with Gasteiger partial charge in [0.05, 0.1) is 5.02 Å². The van der Waals surface area contributed by atoms with Gasteiger partial charge in [-0.15, -0.1) is 0 Å². The Kier molecular flexibility index (Phi) is 5.48. The number of nitrogens with zero attached hydrogens (tertiary/aromatic N) is 2. The third-order valence-electron chi connectivity index (χ3n) is 6.31. The number of aromatic nitrogens is 2. The molecule has 1 heterocycles. The highest BCUT2D eigenvalue weighted by atomic mass is 35.5. The fourth-order valence-corrected chi connectivity index (χ4v) is 5.00. The van der Waals surface area contributed by atoms with Crippen molar-refractivity contribution < 1.29 is 27.8 Å². The molecule has 0 saturated heterocycles. The summed E-state index contributed by atoms with van der Waals surface area (Å²) in [5, 5.41) is 24.8. The van der Waals surface area contributed by atoms with Crippen LogP contribution in [0.4, 0.5) is 23.2 Å². The first-order valence-corrected chi connectivity index (χ1v) is 10.6. The molecule has 2 atom stereocenters. The quantitative estimate of drug-likeness (QED) is 0.422. The average Bonchev–Trinajstić information content (AvgIpc) is 2.70. The molecular formula is C23H22ClF4N3O2. The zero-order valence-electron chi connectivity index (χ0n) is 18.1. The minimum absolute atomic E-state index is 0.0167. The Morgan fingerprint density at radius 3 is 2.58 bits per heavy atom. The molecule has 3 N–H and O–H groups in total. The zero-order valence-corrected chi connectivity index (χ0v) is 18.8. The molecule has 1 aliphatic rings. The molecule has 176 valence electrons. The van der Waals surface area contributed by atoms with Crippen LogP contribution >= 0.6 is 11.6 Å². The van der Waals surface area contributed by atoms with Gasteiger partial charge in [-0.05, 0) is 42.5 Å². The molecule has 1 aliphatic carbocycles. The Hall–Kier alpha value is -2.65. The second-order valence-corrected chi connectivity index (χ2v) is 9.46. The molecule has 4 rings (SSSR count). The normalized spacial score (nSPS) is 22.3. The van der Waals surface area contributed by atoms with E-state index in [4.69, 9.17) is 11.6 Å². The summed E-state index contributed by atoms with van der Waals surface area (Å²) in [6.45, 7) is 4.29. The van der Waals surface area contributed by atoms with Gasteiger partial charge in [-0.25, -0.2) is 14.4 Å². The number of benzene rings is 2. The molecule has 2 unspecified atom stereocenters. The van der Waals surface area contributed by atoms with Crippen LogP contribution in [0.5, 0.6) is 5.75 Å². The van der Waals surface area contributed by atoms with Crippen molar-refractivity contribution >= 4 is 28.2 Å². The van der Waals surface area contributed by atoms with Gasteiger partial charge in [0.15, 0.2) is 5.60 Å². The Balaban J connectivity index is 1.83. The number of hydrogen-bond acceptors (Lipinski definition) is 5. The van der Waals surface area contributed by atoms with E-state index in [0.717, 1.165) is 6.07 Å². The van der Waals surface area contributed by atoms with Crippen molar-refractivity contribution in [2.24, 2.45) is 0 Å². The Morgan fingerprint density at radius 2 is 1.91 bits per heavy atom. The number of aryl methyl sites for hydroxylation is 1. The van der Waals surface area contributed by atoms with Crippen LogP contribution in [-0.2, 0) is 5.41 Å². The SMILES string of the molecule is Cc1ncc2c(NCC3c4ccc(Cl)c(O)c4C(C)(C)CC3(O)C(F)(F)F)ccc(F)c2n1. The summed E-state index contributed by atoms with van der Waals surface area (Å²) in [4.78, 5) is 8.12. The van der Waals surface area contributed by atoms with Gasteiger partial charge >= 0.3 is 6.18 Å². The summed E-state index contributed by atoms with van der Waals surface area (Å²) in [7, 11) is 0. The highest BCUT2D eigenvalue weighted by Crippen LogP contribution is 2.57. The molecule has 0 fully saturated rings. The number of aliphatic hydroxyl groups is 1. The fraction of sp³-hybridized carbons (Fsp3) is 0.391. The molecule has 5 nitrogen and oxygen atoms in total. The number of nitrogens with one attached hydrogen (secondary N) is 1. The lowest BCUT2D eigenvalue weighted by atomic mass is 9.61. The molecule has 0 spiro atoms. The van der Waals surface area contributed by atoms with Crippen LogP contribution in [0.3, 0.4) is 0 Å². The maximum atomic E-state index is 14.2. The van der Waals surface area contributed by atoms with Crippen molar-refractivity contribution in [1.82, 2.24) is 9.97 Å². The lowest BCUT2D eigenvalue weighted by Crippen LogP contribution is -2.58. The average molecular weight is 484 g/mol. The van der Waals surface area contributed by atoms with Crippen molar-refractivity contribution in [3.05, 3.63) is 58.3 Å². The number of aromatic hydroxyl groups is 1. The van der Waals surface area contributed by atoms with E-state index in [0.29, 0.717) is 16.9 Å². The Bertz CT molecular complexity index is 1250. The summed E-state index contributed by atoms with van der Waals surface area (Å²) in [5.74, 6) is -2.02. The van der Waals surface area contributed by atoms with Crippen molar-refractivity contribution in [2.75, 3.05) is 11.9 Å². The number of hydrogen-bond donors (Lipinski definition) is 3. The number of halogens is 5. The second kappa shape index (κ2) is 7.70. The van der Waals surface area contributed by atoms with E-state index in [1.54, 1.807) is 6.92 Å². The number of fused-ring (bicyclic) bond motifs is 2. The van der Waals surface area contributed by atoms with E-state index in [-0.39, 0.29) is 34.0 Å². The molecular weight excluding hydrogens is 462 g/mol. The minimum Gasteiger partial charge on any atom is -0.506 e. The molecule has 33 heavy (non-hydrogen) atoms. The van der Waals surface area contributed by atoms with Crippen LogP contribution in [-0.4, -0.2) is 38.5 Å². The van der Waals surface area contributed by atoms with E-state index in [1.807, 2.05) is 0 Å². The van der Waals surface area contributed by atoms with Crippen LogP contribution in [0.15, 0.2) is 30.5 Å². The number of anilines is 1. The van der Waals surface area contributed by atoms with Gasteiger partial charge in [0.1, 0.15) is 22.9 Å². The lowest BCUT2D eigenvalue weighted by molar-refractivity contribution is -0.277. The molecule has 0 amide bonds. The molecule has 0 bridgehead atoms. The predicted octanol–water partition coefficient (Wildman–Crippen LogP) is 5.61. The molecule has 1 aromatic heterocycles. The third-order valence-corrected chi connectivity index (χ3v) is 6.62. The molecule has 3 aromatic rings. The maximum absolute atomic E-state index is 14.2. The van der Waals surface area contributed by atoms with Crippen molar-refractivity contribution in [3.8, 4) is 5.75 Å². The van der Waals surface area contributed by atoms with Crippen LogP contribution in [0.1, 0.15) is 43.1 Å². The van der Waals surface area contributed by atoms with E-state index in [2.05, 4.69) is 15.3 Å². The van der Waals surface area contributed by atoms with E-state index >= 15 is 0 Å². The minimum atomic E-state index is -4.95. The van der Waals surface area contributed by atoms with Crippen molar-refractivity contribution in [3.63, 3.8) is 0 Å². The molecule has 2 aromatic carbocycles. The Morgan fingerprint density at radius 1 is 1.21 bits per heavy atom. The summed E-state index contributed by atoms with van der Waals surface area (Å²) < 4.78 is 56.9. The van der Waals surface area contributed by atoms with Crippen molar-refractivity contribution in [1.29, 1.82) is 0 Å². The first-order valence-electron chi connectivity index (χ1n) is 10.2. The fourth-order valence-electron chi connectivity index (χ4n) is 4.84. The molecule has 10 heteroatoms. The van der Waals surface area contributed by atoms with Crippen LogP contribution < -0.4 is 5.32 Å². The summed E-state index contributed by atoms with van der Waals surface area (Å²) >= 11 is 6.05. The lowest BCUT2D eigenvalue weighted by Gasteiger charge is -2.49. The van der Waals surface area contributed by atoms with E-state index < -0.39 is 35.3 Å². The molecule has 0 saturated carbocycles. The smallest absolute Gasteiger partial charge is 0.417 e. The van der Waals surface area contributed by atoms with Gasteiger partial charge in [-0.2, -0.15) is 13.2 Å². The maximum Gasteiger partial charge on any atom is 0.417 e. The standard InChI is InChI=1S/C23H22ClF4N3O2/c1-11-29-8-13-17(7-6-16(25)19(13)31-11)30-9-14-12-4-5-15(24)20(32)18(12)21(2,3)10-22(14,33)23(26,27)28/h4-8,14,30,32-33H,9-10H2,1-3H3.